The van der Waals surface area contributed by atoms with Crippen molar-refractivity contribution in [2.75, 3.05) is 19.4 Å². The molecule has 0 saturated heterocycles. The second-order valence-corrected chi connectivity index (χ2v) is 7.45. The van der Waals surface area contributed by atoms with Gasteiger partial charge in [0.25, 0.3) is 5.91 Å². The van der Waals surface area contributed by atoms with Crippen molar-refractivity contribution >= 4 is 33.5 Å². The maximum atomic E-state index is 12.2. The van der Waals surface area contributed by atoms with E-state index in [9.17, 15) is 18.3 Å². The fourth-order valence-electron chi connectivity index (χ4n) is 2.50. The van der Waals surface area contributed by atoms with Crippen LogP contribution in [0.2, 0.25) is 0 Å². The average molecular weight is 401 g/mol. The summed E-state index contributed by atoms with van der Waals surface area (Å²) in [7, 11) is -0.901. The first kappa shape index (κ1) is 19.4. The van der Waals surface area contributed by atoms with Gasteiger partial charge in [-0.25, -0.2) is 0 Å². The third-order valence-electron chi connectivity index (χ3n) is 3.87. The van der Waals surface area contributed by atoms with Gasteiger partial charge in [-0.1, -0.05) is 36.4 Å². The van der Waals surface area contributed by atoms with Crippen molar-refractivity contribution in [2.24, 2.45) is 8.80 Å². The first-order valence-electron chi connectivity index (χ1n) is 8.30. The Kier molecular flexibility index (Phi) is 5.32. The molecular weight excluding hydrogens is 382 g/mol. The van der Waals surface area contributed by atoms with Crippen molar-refractivity contribution in [3.8, 4) is 5.75 Å². The van der Waals surface area contributed by atoms with E-state index in [2.05, 4.69) is 19.4 Å². The van der Waals surface area contributed by atoms with Gasteiger partial charge in [-0.15, -0.1) is 8.80 Å². The molecule has 146 valence electrons. The summed E-state index contributed by atoms with van der Waals surface area (Å²) in [5, 5.41) is 16.1. The highest BCUT2D eigenvalue weighted by Gasteiger charge is 2.26. The molecule has 2 aromatic carbocycles. The van der Waals surface area contributed by atoms with Crippen LogP contribution in [-0.2, 0) is 16.8 Å². The van der Waals surface area contributed by atoms with Crippen LogP contribution in [-0.4, -0.2) is 50.1 Å². The number of amidine groups is 2. The number of carbonyl (C=O) groups excluding carboxylic acids is 1. The second-order valence-electron chi connectivity index (χ2n) is 6.19. The minimum absolute atomic E-state index is 0.0209. The molecule has 1 amide bonds. The summed E-state index contributed by atoms with van der Waals surface area (Å²) in [4.78, 5) is 13.5. The Labute approximate surface area is 162 Å². The fourth-order valence-corrected chi connectivity index (χ4v) is 3.29. The van der Waals surface area contributed by atoms with Crippen LogP contribution in [0, 0.1) is 0 Å². The molecule has 9 nitrogen and oxygen atoms in total. The largest absolute Gasteiger partial charge is 0.505 e. The number of benzene rings is 2. The van der Waals surface area contributed by atoms with Gasteiger partial charge in [0.1, 0.15) is 0 Å². The molecule has 2 aromatic rings. The first-order chi connectivity index (χ1) is 13.3. The number of phenols is 1. The van der Waals surface area contributed by atoms with E-state index in [0.717, 1.165) is 5.56 Å². The van der Waals surface area contributed by atoms with E-state index in [0.29, 0.717) is 6.54 Å². The number of amides is 1. The molecule has 28 heavy (non-hydrogen) atoms. The Hall–Kier alpha value is -3.40. The van der Waals surface area contributed by atoms with E-state index in [1.54, 1.807) is 20.2 Å². The topological polar surface area (TPSA) is 123 Å². The normalized spacial score (nSPS) is 14.8. The summed E-state index contributed by atoms with van der Waals surface area (Å²) in [5.74, 6) is -0.748. The minimum Gasteiger partial charge on any atom is -0.505 e. The van der Waals surface area contributed by atoms with Gasteiger partial charge in [0.05, 0.1) is 11.3 Å². The quantitative estimate of drug-likeness (QED) is 0.665. The van der Waals surface area contributed by atoms with Gasteiger partial charge in [-0.2, -0.15) is 8.42 Å². The van der Waals surface area contributed by atoms with Crippen molar-refractivity contribution in [3.05, 3.63) is 59.7 Å². The van der Waals surface area contributed by atoms with Gasteiger partial charge in [0.2, 0.25) is 0 Å². The number of nitrogens with one attached hydrogen (secondary N) is 2. The molecule has 3 rings (SSSR count). The molecule has 0 fully saturated rings. The zero-order chi connectivity index (χ0) is 20.3. The summed E-state index contributed by atoms with van der Waals surface area (Å²) in [6, 6.07) is 13.9. The van der Waals surface area contributed by atoms with Crippen molar-refractivity contribution < 1.29 is 18.3 Å². The molecule has 1 aliphatic heterocycles. The maximum absolute atomic E-state index is 12.2. The Morgan fingerprint density at radius 1 is 1.04 bits per heavy atom. The number of rotatable bonds is 4. The van der Waals surface area contributed by atoms with Crippen LogP contribution in [0.1, 0.15) is 15.9 Å². The van der Waals surface area contributed by atoms with E-state index in [4.69, 9.17) is 0 Å². The fraction of sp³-hybridized carbons (Fsp3) is 0.167. The van der Waals surface area contributed by atoms with Gasteiger partial charge in [-0.3, -0.25) is 4.79 Å². The van der Waals surface area contributed by atoms with Crippen LogP contribution >= 0.6 is 0 Å². The molecule has 0 aliphatic carbocycles. The second kappa shape index (κ2) is 7.69. The Morgan fingerprint density at radius 2 is 1.71 bits per heavy atom. The Bertz CT molecular complexity index is 1060. The van der Waals surface area contributed by atoms with E-state index in [1.807, 2.05) is 30.3 Å². The molecule has 1 aliphatic rings. The van der Waals surface area contributed by atoms with Gasteiger partial charge < -0.3 is 20.6 Å². The summed E-state index contributed by atoms with van der Waals surface area (Å²) in [5.41, 5.74) is 1.14. The van der Waals surface area contributed by atoms with E-state index < -0.39 is 16.1 Å². The number of anilines is 1. The average Bonchev–Trinajstić information content (AvgIpc) is 2.95. The lowest BCUT2D eigenvalue weighted by molar-refractivity contribution is 0.0824. The molecule has 0 atom stereocenters. The lowest BCUT2D eigenvalue weighted by Crippen LogP contribution is -2.33. The summed E-state index contributed by atoms with van der Waals surface area (Å²) in [6.45, 7) is 0.334. The number of carbonyl (C=O) groups is 1. The van der Waals surface area contributed by atoms with Crippen molar-refractivity contribution in [3.63, 3.8) is 0 Å². The lowest BCUT2D eigenvalue weighted by atomic mass is 10.1. The molecule has 0 bridgehead atoms. The van der Waals surface area contributed by atoms with E-state index in [-0.39, 0.29) is 28.7 Å². The van der Waals surface area contributed by atoms with Crippen molar-refractivity contribution in [1.29, 1.82) is 0 Å². The molecule has 0 saturated carbocycles. The van der Waals surface area contributed by atoms with E-state index in [1.165, 1.54) is 17.0 Å². The summed E-state index contributed by atoms with van der Waals surface area (Å²) >= 11 is 0. The smallest absolute Gasteiger partial charge is 0.367 e. The van der Waals surface area contributed by atoms with Crippen LogP contribution in [0.25, 0.3) is 0 Å². The first-order valence-corrected chi connectivity index (χ1v) is 9.70. The Morgan fingerprint density at radius 3 is 2.39 bits per heavy atom. The molecule has 0 unspecified atom stereocenters. The molecule has 0 radical (unpaired) electrons. The number of aromatic hydroxyl groups is 1. The van der Waals surface area contributed by atoms with Gasteiger partial charge in [0.15, 0.2) is 17.4 Å². The lowest BCUT2D eigenvalue weighted by Gasteiger charge is -2.15. The van der Waals surface area contributed by atoms with Crippen molar-refractivity contribution in [2.45, 2.75) is 6.54 Å². The van der Waals surface area contributed by atoms with Crippen LogP contribution in [0.5, 0.6) is 5.75 Å². The number of para-hydroxylation sites is 1. The number of nitrogens with zero attached hydrogens (tertiary/aromatic N) is 3. The van der Waals surface area contributed by atoms with Gasteiger partial charge >= 0.3 is 10.2 Å². The predicted molar refractivity (Wildman–Crippen MR) is 107 cm³/mol. The SMILES string of the molecule is CN(C)C(=O)c1cccc(NC2=NS(=O)(=O)N=C2NCc2ccccc2)c1O. The monoisotopic (exact) mass is 401 g/mol. The van der Waals surface area contributed by atoms with Crippen LogP contribution < -0.4 is 10.6 Å². The van der Waals surface area contributed by atoms with Crippen molar-refractivity contribution in [1.82, 2.24) is 10.2 Å². The van der Waals surface area contributed by atoms with Gasteiger partial charge in [-0.05, 0) is 17.7 Å². The summed E-state index contributed by atoms with van der Waals surface area (Å²) in [6.07, 6.45) is 0. The maximum Gasteiger partial charge on any atom is 0.367 e. The van der Waals surface area contributed by atoms with Crippen LogP contribution in [0.4, 0.5) is 5.69 Å². The highest BCUT2D eigenvalue weighted by molar-refractivity contribution is 7.89. The number of phenolic OH excluding ortho intramolecular Hbond substituents is 1. The Balaban J connectivity index is 1.84. The molecule has 0 aromatic heterocycles. The summed E-state index contributed by atoms with van der Waals surface area (Å²) < 4.78 is 30.8. The third-order valence-corrected chi connectivity index (χ3v) is 4.69. The highest BCUT2D eigenvalue weighted by Crippen LogP contribution is 2.28. The standard InChI is InChI=1S/C18H19N5O4S/c1-23(2)18(25)13-9-6-10-14(15(13)24)20-17-16(21-28(26,27)22-17)19-11-12-7-4-3-5-8-12/h3-10,24H,11H2,1-2H3,(H,19,21)(H,20,22). The van der Waals surface area contributed by atoms with E-state index >= 15 is 0 Å². The molecule has 10 heteroatoms. The van der Waals surface area contributed by atoms with Crippen LogP contribution in [0.3, 0.4) is 0 Å². The third kappa shape index (κ3) is 4.29. The zero-order valence-corrected chi connectivity index (χ0v) is 16.1. The number of hydrogen-bond acceptors (Lipinski definition) is 6. The minimum atomic E-state index is -4.03. The predicted octanol–water partition coefficient (Wildman–Crippen LogP) is 1.35. The molecular formula is C18H19N5O4S. The van der Waals surface area contributed by atoms with Crippen LogP contribution in [0.15, 0.2) is 57.3 Å². The number of hydrogen-bond donors (Lipinski definition) is 3. The zero-order valence-electron chi connectivity index (χ0n) is 15.2. The molecule has 3 N–H and O–H groups in total. The molecule has 1 heterocycles. The molecule has 0 spiro atoms. The highest BCUT2D eigenvalue weighted by atomic mass is 32.2. The van der Waals surface area contributed by atoms with Gasteiger partial charge in [0, 0.05) is 20.6 Å².